The summed E-state index contributed by atoms with van der Waals surface area (Å²) >= 11 is 1.66. The SMILES string of the molecule is O=C1CSC(c2ccco2)N1CCN1CCCC1. The average Bonchev–Trinajstić information content (AvgIpc) is 3.08. The molecule has 0 radical (unpaired) electrons. The molecule has 98 valence electrons. The van der Waals surface area contributed by atoms with Crippen LogP contribution in [0.25, 0.3) is 0 Å². The van der Waals surface area contributed by atoms with Gasteiger partial charge in [0, 0.05) is 13.1 Å². The highest BCUT2D eigenvalue weighted by Crippen LogP contribution is 2.38. The number of thioether (sulfide) groups is 1. The fraction of sp³-hybridized carbons (Fsp3) is 0.615. The first-order valence-corrected chi connectivity index (χ1v) is 7.56. The highest BCUT2D eigenvalue weighted by atomic mass is 32.2. The van der Waals surface area contributed by atoms with Gasteiger partial charge in [0.1, 0.15) is 11.1 Å². The third kappa shape index (κ3) is 2.42. The third-order valence-electron chi connectivity index (χ3n) is 3.61. The Kier molecular flexibility index (Phi) is 3.61. The molecule has 5 heteroatoms. The van der Waals surface area contributed by atoms with Crippen LogP contribution in [0.2, 0.25) is 0 Å². The first-order valence-electron chi connectivity index (χ1n) is 6.51. The lowest BCUT2D eigenvalue weighted by atomic mass is 10.3. The van der Waals surface area contributed by atoms with Crippen LogP contribution < -0.4 is 0 Å². The fourth-order valence-electron chi connectivity index (χ4n) is 2.62. The predicted octanol–water partition coefficient (Wildman–Crippen LogP) is 1.95. The van der Waals surface area contributed by atoms with Crippen LogP contribution in [0.1, 0.15) is 24.0 Å². The Bertz CT molecular complexity index is 401. The van der Waals surface area contributed by atoms with Gasteiger partial charge in [0.2, 0.25) is 5.91 Å². The van der Waals surface area contributed by atoms with Gasteiger partial charge in [0.15, 0.2) is 0 Å². The molecule has 1 amide bonds. The number of nitrogens with zero attached hydrogens (tertiary/aromatic N) is 2. The lowest BCUT2D eigenvalue weighted by Gasteiger charge is -2.25. The van der Waals surface area contributed by atoms with E-state index in [0.29, 0.717) is 5.75 Å². The number of carbonyl (C=O) groups is 1. The molecule has 1 unspecified atom stereocenters. The molecular weight excluding hydrogens is 248 g/mol. The molecule has 0 bridgehead atoms. The number of furan rings is 1. The summed E-state index contributed by atoms with van der Waals surface area (Å²) < 4.78 is 5.44. The van der Waals surface area contributed by atoms with E-state index in [0.717, 1.165) is 18.8 Å². The molecule has 0 aliphatic carbocycles. The van der Waals surface area contributed by atoms with Gasteiger partial charge in [-0.3, -0.25) is 4.79 Å². The molecule has 1 aromatic heterocycles. The Balaban J connectivity index is 1.62. The zero-order valence-electron chi connectivity index (χ0n) is 10.4. The second kappa shape index (κ2) is 5.36. The minimum absolute atomic E-state index is 0.0788. The van der Waals surface area contributed by atoms with Crippen molar-refractivity contribution in [2.45, 2.75) is 18.2 Å². The largest absolute Gasteiger partial charge is 0.466 e. The van der Waals surface area contributed by atoms with Crippen LogP contribution in [0, 0.1) is 0 Å². The third-order valence-corrected chi connectivity index (χ3v) is 4.83. The normalized spacial score (nSPS) is 25.2. The number of rotatable bonds is 4. The van der Waals surface area contributed by atoms with Crippen molar-refractivity contribution in [2.75, 3.05) is 31.9 Å². The summed E-state index contributed by atoms with van der Waals surface area (Å²) in [5.74, 6) is 1.71. The van der Waals surface area contributed by atoms with Crippen LogP contribution in [0.5, 0.6) is 0 Å². The van der Waals surface area contributed by atoms with Crippen molar-refractivity contribution in [2.24, 2.45) is 0 Å². The minimum Gasteiger partial charge on any atom is -0.466 e. The second-order valence-corrected chi connectivity index (χ2v) is 5.88. The Morgan fingerprint density at radius 2 is 2.17 bits per heavy atom. The zero-order valence-corrected chi connectivity index (χ0v) is 11.2. The molecule has 0 spiro atoms. The Hall–Kier alpha value is -0.940. The number of hydrogen-bond acceptors (Lipinski definition) is 4. The van der Waals surface area contributed by atoms with Crippen molar-refractivity contribution in [3.8, 4) is 0 Å². The highest BCUT2D eigenvalue weighted by Gasteiger charge is 2.34. The quantitative estimate of drug-likeness (QED) is 0.834. The number of amides is 1. The molecule has 18 heavy (non-hydrogen) atoms. The van der Waals surface area contributed by atoms with E-state index in [9.17, 15) is 4.79 Å². The summed E-state index contributed by atoms with van der Waals surface area (Å²) in [4.78, 5) is 16.3. The van der Waals surface area contributed by atoms with Crippen LogP contribution in [0.3, 0.4) is 0 Å². The molecule has 0 aromatic carbocycles. The minimum atomic E-state index is 0.0788. The van der Waals surface area contributed by atoms with E-state index in [-0.39, 0.29) is 11.3 Å². The lowest BCUT2D eigenvalue weighted by molar-refractivity contribution is -0.128. The second-order valence-electron chi connectivity index (χ2n) is 4.81. The molecule has 3 rings (SSSR count). The van der Waals surface area contributed by atoms with E-state index >= 15 is 0 Å². The van der Waals surface area contributed by atoms with Gasteiger partial charge >= 0.3 is 0 Å². The van der Waals surface area contributed by atoms with Crippen LogP contribution in [0.15, 0.2) is 22.8 Å². The van der Waals surface area contributed by atoms with Gasteiger partial charge in [-0.15, -0.1) is 11.8 Å². The van der Waals surface area contributed by atoms with Gasteiger partial charge in [-0.25, -0.2) is 0 Å². The van der Waals surface area contributed by atoms with E-state index in [1.54, 1.807) is 18.0 Å². The Morgan fingerprint density at radius 3 is 2.89 bits per heavy atom. The van der Waals surface area contributed by atoms with Crippen molar-refractivity contribution in [3.05, 3.63) is 24.2 Å². The molecule has 2 aliphatic rings. The first kappa shape index (κ1) is 12.1. The van der Waals surface area contributed by atoms with Crippen LogP contribution in [-0.2, 0) is 4.79 Å². The van der Waals surface area contributed by atoms with Crippen molar-refractivity contribution < 1.29 is 9.21 Å². The summed E-state index contributed by atoms with van der Waals surface area (Å²) in [5.41, 5.74) is 0. The van der Waals surface area contributed by atoms with Gasteiger partial charge in [-0.2, -0.15) is 0 Å². The first-order chi connectivity index (χ1) is 8.84. The Labute approximate surface area is 111 Å². The van der Waals surface area contributed by atoms with E-state index in [1.165, 1.54) is 25.9 Å². The van der Waals surface area contributed by atoms with E-state index < -0.39 is 0 Å². The summed E-state index contributed by atoms with van der Waals surface area (Å²) in [6.07, 6.45) is 4.27. The van der Waals surface area contributed by atoms with E-state index in [4.69, 9.17) is 4.42 Å². The van der Waals surface area contributed by atoms with Crippen LogP contribution in [0.4, 0.5) is 0 Å². The number of hydrogen-bond donors (Lipinski definition) is 0. The van der Waals surface area contributed by atoms with E-state index in [2.05, 4.69) is 4.90 Å². The molecule has 0 N–H and O–H groups in total. The number of likely N-dealkylation sites (tertiary alicyclic amines) is 1. The van der Waals surface area contributed by atoms with Crippen LogP contribution >= 0.6 is 11.8 Å². The summed E-state index contributed by atoms with van der Waals surface area (Å²) in [5, 5.41) is 0.0788. The summed E-state index contributed by atoms with van der Waals surface area (Å²) in [6, 6.07) is 3.84. The highest BCUT2D eigenvalue weighted by molar-refractivity contribution is 8.00. The molecule has 2 saturated heterocycles. The molecule has 1 atom stereocenters. The molecule has 2 aliphatic heterocycles. The van der Waals surface area contributed by atoms with Gasteiger partial charge in [-0.05, 0) is 38.1 Å². The van der Waals surface area contributed by atoms with Gasteiger partial charge < -0.3 is 14.2 Å². The molecular formula is C13H18N2O2S. The lowest BCUT2D eigenvalue weighted by Crippen LogP contribution is -2.36. The maximum atomic E-state index is 11.9. The fourth-order valence-corrected chi connectivity index (χ4v) is 3.79. The smallest absolute Gasteiger partial charge is 0.233 e. The Morgan fingerprint density at radius 1 is 1.33 bits per heavy atom. The molecule has 1 aromatic rings. The average molecular weight is 266 g/mol. The standard InChI is InChI=1S/C13H18N2O2S/c16-12-10-18-13(11-4-3-9-17-11)15(12)8-7-14-5-1-2-6-14/h3-4,9,13H,1-2,5-8,10H2. The van der Waals surface area contributed by atoms with Gasteiger partial charge in [0.25, 0.3) is 0 Å². The molecule has 4 nitrogen and oxygen atoms in total. The van der Waals surface area contributed by atoms with Crippen LogP contribution in [-0.4, -0.2) is 47.6 Å². The van der Waals surface area contributed by atoms with Crippen molar-refractivity contribution in [1.29, 1.82) is 0 Å². The molecule has 2 fully saturated rings. The summed E-state index contributed by atoms with van der Waals surface area (Å²) in [7, 11) is 0. The monoisotopic (exact) mass is 266 g/mol. The molecule has 3 heterocycles. The maximum Gasteiger partial charge on any atom is 0.233 e. The predicted molar refractivity (Wildman–Crippen MR) is 71.3 cm³/mol. The van der Waals surface area contributed by atoms with Crippen molar-refractivity contribution in [3.63, 3.8) is 0 Å². The van der Waals surface area contributed by atoms with Gasteiger partial charge in [0.05, 0.1) is 12.0 Å². The van der Waals surface area contributed by atoms with Crippen molar-refractivity contribution in [1.82, 2.24) is 9.80 Å². The molecule has 0 saturated carbocycles. The number of carbonyl (C=O) groups excluding carboxylic acids is 1. The topological polar surface area (TPSA) is 36.7 Å². The maximum absolute atomic E-state index is 11.9. The zero-order chi connectivity index (χ0) is 12.4. The summed E-state index contributed by atoms with van der Waals surface area (Å²) in [6.45, 7) is 4.17. The van der Waals surface area contributed by atoms with Crippen molar-refractivity contribution >= 4 is 17.7 Å². The van der Waals surface area contributed by atoms with E-state index in [1.807, 2.05) is 17.0 Å². The van der Waals surface area contributed by atoms with Gasteiger partial charge in [-0.1, -0.05) is 0 Å².